The highest BCUT2D eigenvalue weighted by molar-refractivity contribution is 6.42. The summed E-state index contributed by atoms with van der Waals surface area (Å²) in [5.41, 5.74) is 1.37. The number of aliphatic hydroxyl groups excluding tert-OH is 2. The number of imidazole rings is 1. The first-order valence-electron chi connectivity index (χ1n) is 7.48. The van der Waals surface area contributed by atoms with E-state index in [1.807, 2.05) is 13.8 Å². The number of nitrogens with zero attached hydrogens (tertiary/aromatic N) is 2. The Kier molecular flexibility index (Phi) is 4.71. The molecule has 0 aliphatic carbocycles. The van der Waals surface area contributed by atoms with Crippen molar-refractivity contribution in [3.05, 3.63) is 22.2 Å². The van der Waals surface area contributed by atoms with Crippen molar-refractivity contribution < 1.29 is 14.9 Å². The van der Waals surface area contributed by atoms with E-state index in [4.69, 9.17) is 27.9 Å². The van der Waals surface area contributed by atoms with Crippen LogP contribution in [0.3, 0.4) is 0 Å². The third kappa shape index (κ3) is 3.14. The van der Waals surface area contributed by atoms with Crippen LogP contribution in [0.2, 0.25) is 10.0 Å². The van der Waals surface area contributed by atoms with Gasteiger partial charge >= 0.3 is 0 Å². The monoisotopic (exact) mass is 359 g/mol. The molecule has 1 aromatic carbocycles. The van der Waals surface area contributed by atoms with E-state index in [-0.39, 0.29) is 12.6 Å². The van der Waals surface area contributed by atoms with Gasteiger partial charge in [-0.3, -0.25) is 4.57 Å². The molecule has 2 aromatic rings. The highest BCUT2D eigenvalue weighted by Gasteiger charge is 2.37. The molecule has 1 saturated heterocycles. The topological polar surface area (TPSA) is 79.5 Å². The molecule has 3 N–H and O–H groups in total. The molecule has 0 saturated carbocycles. The number of aromatic nitrogens is 2. The SMILES string of the molecule is CC(C)Nc1nc2cc(Cl)c(Cl)cc2n1[C@@H]1O[C@@H](CO)C[C@@H]1O. The molecule has 8 heteroatoms. The molecule has 0 unspecified atom stereocenters. The fourth-order valence-electron chi connectivity index (χ4n) is 2.79. The van der Waals surface area contributed by atoms with Gasteiger partial charge in [-0.15, -0.1) is 0 Å². The molecule has 0 bridgehead atoms. The molecule has 23 heavy (non-hydrogen) atoms. The van der Waals surface area contributed by atoms with Gasteiger partial charge < -0.3 is 20.3 Å². The third-order valence-electron chi connectivity index (χ3n) is 3.77. The van der Waals surface area contributed by atoms with Crippen molar-refractivity contribution in [2.24, 2.45) is 0 Å². The number of hydrogen-bond acceptors (Lipinski definition) is 5. The van der Waals surface area contributed by atoms with Crippen molar-refractivity contribution in [2.75, 3.05) is 11.9 Å². The minimum absolute atomic E-state index is 0.139. The Labute approximate surface area is 144 Å². The van der Waals surface area contributed by atoms with Crippen molar-refractivity contribution in [3.63, 3.8) is 0 Å². The van der Waals surface area contributed by atoms with Crippen LogP contribution >= 0.6 is 23.2 Å². The second-order valence-corrected chi connectivity index (χ2v) is 6.81. The fourth-order valence-corrected chi connectivity index (χ4v) is 3.10. The number of ether oxygens (including phenoxy) is 1. The maximum absolute atomic E-state index is 10.3. The maximum atomic E-state index is 10.3. The molecule has 126 valence electrons. The number of aliphatic hydroxyl groups is 2. The number of rotatable bonds is 4. The lowest BCUT2D eigenvalue weighted by Gasteiger charge is -2.21. The highest BCUT2D eigenvalue weighted by Crippen LogP contribution is 2.37. The van der Waals surface area contributed by atoms with Crippen LogP contribution in [-0.2, 0) is 4.74 Å². The smallest absolute Gasteiger partial charge is 0.206 e. The zero-order chi connectivity index (χ0) is 16.7. The molecule has 1 aliphatic heterocycles. The Morgan fingerprint density at radius 3 is 2.70 bits per heavy atom. The summed E-state index contributed by atoms with van der Waals surface area (Å²) in [4.78, 5) is 4.54. The van der Waals surface area contributed by atoms with Gasteiger partial charge in [0.25, 0.3) is 0 Å². The highest BCUT2D eigenvalue weighted by atomic mass is 35.5. The summed E-state index contributed by atoms with van der Waals surface area (Å²) in [5.74, 6) is 0.566. The van der Waals surface area contributed by atoms with E-state index in [2.05, 4.69) is 10.3 Å². The van der Waals surface area contributed by atoms with Crippen molar-refractivity contribution in [2.45, 2.75) is 44.7 Å². The number of halogens is 2. The van der Waals surface area contributed by atoms with Crippen LogP contribution < -0.4 is 5.32 Å². The normalized spacial score (nSPS) is 24.7. The number of hydrogen-bond donors (Lipinski definition) is 3. The van der Waals surface area contributed by atoms with Gasteiger partial charge in [0.15, 0.2) is 6.23 Å². The van der Waals surface area contributed by atoms with Crippen LogP contribution in [-0.4, -0.2) is 44.6 Å². The molecular weight excluding hydrogens is 341 g/mol. The number of anilines is 1. The summed E-state index contributed by atoms with van der Waals surface area (Å²) in [6.45, 7) is 3.85. The lowest BCUT2D eigenvalue weighted by Crippen LogP contribution is -2.23. The number of fused-ring (bicyclic) bond motifs is 1. The summed E-state index contributed by atoms with van der Waals surface area (Å²) in [6.07, 6.45) is -1.42. The zero-order valence-electron chi connectivity index (χ0n) is 12.8. The first kappa shape index (κ1) is 16.8. The van der Waals surface area contributed by atoms with Gasteiger partial charge in [0, 0.05) is 12.5 Å². The van der Waals surface area contributed by atoms with Gasteiger partial charge in [0.05, 0.1) is 33.8 Å². The molecule has 3 rings (SSSR count). The third-order valence-corrected chi connectivity index (χ3v) is 4.50. The maximum Gasteiger partial charge on any atom is 0.206 e. The molecule has 2 heterocycles. The van der Waals surface area contributed by atoms with Crippen LogP contribution in [0, 0.1) is 0 Å². The minimum Gasteiger partial charge on any atom is -0.394 e. The van der Waals surface area contributed by atoms with E-state index >= 15 is 0 Å². The average molecular weight is 360 g/mol. The fraction of sp³-hybridized carbons (Fsp3) is 0.533. The summed E-state index contributed by atoms with van der Waals surface area (Å²) in [7, 11) is 0. The first-order valence-corrected chi connectivity index (χ1v) is 8.24. The zero-order valence-corrected chi connectivity index (χ0v) is 14.3. The Morgan fingerprint density at radius 1 is 1.39 bits per heavy atom. The Hall–Kier alpha value is -1.05. The number of benzene rings is 1. The summed E-state index contributed by atoms with van der Waals surface area (Å²) < 4.78 is 7.55. The largest absolute Gasteiger partial charge is 0.394 e. The van der Waals surface area contributed by atoms with Crippen molar-refractivity contribution in [3.8, 4) is 0 Å². The Balaban J connectivity index is 2.14. The van der Waals surface area contributed by atoms with Crippen LogP contribution in [0.4, 0.5) is 5.95 Å². The van der Waals surface area contributed by atoms with Gasteiger partial charge in [0.2, 0.25) is 5.95 Å². The van der Waals surface area contributed by atoms with E-state index in [9.17, 15) is 10.2 Å². The molecule has 3 atom stereocenters. The molecule has 0 amide bonds. The molecule has 1 aromatic heterocycles. The van der Waals surface area contributed by atoms with Crippen LogP contribution in [0.1, 0.15) is 26.5 Å². The van der Waals surface area contributed by atoms with Crippen LogP contribution in [0.15, 0.2) is 12.1 Å². The van der Waals surface area contributed by atoms with E-state index in [0.29, 0.717) is 33.4 Å². The van der Waals surface area contributed by atoms with Gasteiger partial charge in [-0.05, 0) is 26.0 Å². The lowest BCUT2D eigenvalue weighted by molar-refractivity contribution is -0.0473. The number of nitrogens with one attached hydrogen (secondary N) is 1. The predicted octanol–water partition coefficient (Wildman–Crippen LogP) is 2.80. The summed E-state index contributed by atoms with van der Waals surface area (Å²) in [6, 6.07) is 3.54. The van der Waals surface area contributed by atoms with Gasteiger partial charge in [-0.1, -0.05) is 23.2 Å². The second kappa shape index (κ2) is 6.45. The van der Waals surface area contributed by atoms with E-state index in [1.165, 1.54) is 0 Å². The predicted molar refractivity (Wildman–Crippen MR) is 90.1 cm³/mol. The molecular formula is C15H19Cl2N3O3. The molecule has 1 fully saturated rings. The second-order valence-electron chi connectivity index (χ2n) is 5.99. The van der Waals surface area contributed by atoms with Crippen LogP contribution in [0.5, 0.6) is 0 Å². The van der Waals surface area contributed by atoms with Crippen molar-refractivity contribution in [1.29, 1.82) is 0 Å². The quantitative estimate of drug-likeness (QED) is 0.782. The Morgan fingerprint density at radius 2 is 2.09 bits per heavy atom. The molecule has 0 spiro atoms. The van der Waals surface area contributed by atoms with Gasteiger partial charge in [-0.25, -0.2) is 4.98 Å². The van der Waals surface area contributed by atoms with Crippen LogP contribution in [0.25, 0.3) is 11.0 Å². The van der Waals surface area contributed by atoms with Gasteiger partial charge in [0.1, 0.15) is 6.10 Å². The standard InChI is InChI=1S/C15H19Cl2N3O3/c1-7(2)18-15-19-11-4-9(16)10(17)5-12(11)20(15)14-13(22)3-8(6-21)23-14/h4-5,7-8,13-14,21-22H,3,6H2,1-2H3,(H,18,19)/t8-,13+,14-/m1/s1. The minimum atomic E-state index is -0.744. The average Bonchev–Trinajstić information content (AvgIpc) is 2.99. The Bertz CT molecular complexity index is 720. The van der Waals surface area contributed by atoms with Gasteiger partial charge in [-0.2, -0.15) is 0 Å². The van der Waals surface area contributed by atoms with E-state index < -0.39 is 18.4 Å². The van der Waals surface area contributed by atoms with Crippen molar-refractivity contribution >= 4 is 40.2 Å². The van der Waals surface area contributed by atoms with E-state index in [1.54, 1.807) is 16.7 Å². The lowest BCUT2D eigenvalue weighted by atomic mass is 10.2. The van der Waals surface area contributed by atoms with E-state index in [0.717, 1.165) is 0 Å². The first-order chi connectivity index (χ1) is 10.9. The van der Waals surface area contributed by atoms with Crippen molar-refractivity contribution in [1.82, 2.24) is 9.55 Å². The molecule has 0 radical (unpaired) electrons. The molecule has 6 nitrogen and oxygen atoms in total. The summed E-state index contributed by atoms with van der Waals surface area (Å²) in [5, 5.41) is 23.7. The molecule has 1 aliphatic rings. The summed E-state index contributed by atoms with van der Waals surface area (Å²) >= 11 is 12.2.